The van der Waals surface area contributed by atoms with Crippen molar-refractivity contribution in [3.63, 3.8) is 0 Å². The van der Waals surface area contributed by atoms with Gasteiger partial charge in [-0.25, -0.2) is 0 Å². The molecule has 138 valence electrons. The maximum atomic E-state index is 12.9. The van der Waals surface area contributed by atoms with Gasteiger partial charge in [0, 0.05) is 25.7 Å². The number of nitrogens with one attached hydrogen (secondary N) is 1. The summed E-state index contributed by atoms with van der Waals surface area (Å²) >= 11 is 0. The van der Waals surface area contributed by atoms with Gasteiger partial charge in [-0.3, -0.25) is 9.48 Å². The predicted octanol–water partition coefficient (Wildman–Crippen LogP) is 3.32. The van der Waals surface area contributed by atoms with E-state index in [2.05, 4.69) is 21.9 Å². The van der Waals surface area contributed by atoms with Crippen molar-refractivity contribution >= 4 is 17.4 Å². The zero-order valence-electron chi connectivity index (χ0n) is 15.7. The first-order chi connectivity index (χ1) is 12.5. The number of hydrogen-bond donors (Lipinski definition) is 1. The normalized spacial score (nSPS) is 13.7. The Morgan fingerprint density at radius 1 is 1.38 bits per heavy atom. The van der Waals surface area contributed by atoms with Crippen molar-refractivity contribution in [3.05, 3.63) is 47.7 Å². The maximum absolute atomic E-state index is 12.9. The summed E-state index contributed by atoms with van der Waals surface area (Å²) in [6.07, 6.45) is 4.77. The Morgan fingerprint density at radius 2 is 2.12 bits per heavy atom. The summed E-state index contributed by atoms with van der Waals surface area (Å²) in [6.45, 7) is 7.70. The van der Waals surface area contributed by atoms with Crippen LogP contribution in [-0.2, 0) is 13.5 Å². The summed E-state index contributed by atoms with van der Waals surface area (Å²) in [6, 6.07) is 5.46. The summed E-state index contributed by atoms with van der Waals surface area (Å²) in [5, 5.41) is 7.68. The minimum absolute atomic E-state index is 0.144. The highest BCUT2D eigenvalue weighted by Crippen LogP contribution is 2.31. The number of benzene rings is 1. The van der Waals surface area contributed by atoms with Crippen LogP contribution < -0.4 is 15.0 Å². The number of anilines is 2. The number of aryl methyl sites for hydroxylation is 1. The molecule has 1 aromatic carbocycles. The first-order valence-corrected chi connectivity index (χ1v) is 8.93. The van der Waals surface area contributed by atoms with Crippen molar-refractivity contribution in [2.45, 2.75) is 26.2 Å². The van der Waals surface area contributed by atoms with E-state index in [1.54, 1.807) is 19.3 Å². The molecule has 0 saturated carbocycles. The third kappa shape index (κ3) is 3.45. The van der Waals surface area contributed by atoms with Crippen molar-refractivity contribution in [2.75, 3.05) is 30.4 Å². The van der Waals surface area contributed by atoms with E-state index in [9.17, 15) is 4.79 Å². The van der Waals surface area contributed by atoms with Crippen LogP contribution in [0.15, 0.2) is 30.9 Å². The molecular formula is C20H26N4O2. The molecule has 0 bridgehead atoms. The fourth-order valence-electron chi connectivity index (χ4n) is 3.31. The highest BCUT2D eigenvalue weighted by atomic mass is 16.5. The largest absolute Gasteiger partial charge is 0.496 e. The fourth-order valence-corrected chi connectivity index (χ4v) is 3.31. The lowest BCUT2D eigenvalue weighted by molar-refractivity contribution is 0.102. The molecule has 0 unspecified atom stereocenters. The van der Waals surface area contributed by atoms with Crippen LogP contribution in [0.4, 0.5) is 11.5 Å². The number of ether oxygens (including phenoxy) is 1. The topological polar surface area (TPSA) is 59.4 Å². The molecule has 1 aromatic heterocycles. The molecular weight excluding hydrogens is 328 g/mol. The highest BCUT2D eigenvalue weighted by molar-refractivity contribution is 6.06. The van der Waals surface area contributed by atoms with Crippen LogP contribution in [0.5, 0.6) is 5.75 Å². The van der Waals surface area contributed by atoms with E-state index in [1.807, 2.05) is 30.8 Å². The Hall–Kier alpha value is -2.76. The molecule has 1 saturated heterocycles. The molecule has 1 N–H and O–H groups in total. The molecule has 2 aromatic rings. The Morgan fingerprint density at radius 3 is 2.77 bits per heavy atom. The van der Waals surface area contributed by atoms with Crippen LogP contribution in [0.1, 0.15) is 34.5 Å². The fraction of sp³-hybridized carbons (Fsp3) is 0.400. The Labute approximate surface area is 154 Å². The molecule has 6 nitrogen and oxygen atoms in total. The van der Waals surface area contributed by atoms with Gasteiger partial charge in [-0.1, -0.05) is 6.08 Å². The van der Waals surface area contributed by atoms with E-state index in [4.69, 9.17) is 4.74 Å². The van der Waals surface area contributed by atoms with E-state index in [0.29, 0.717) is 12.0 Å². The van der Waals surface area contributed by atoms with Crippen molar-refractivity contribution in [1.82, 2.24) is 9.78 Å². The average molecular weight is 354 g/mol. The standard InChI is InChI=1S/C20H26N4O2/c1-5-8-15-13-16(9-10-17(15)26-4)20(25)21-18-14(2)23(3)22-19(18)24-11-6-7-12-24/h5,9-10,13H,1,6-8,11-12H2,2-4H3,(H,21,25). The average Bonchev–Trinajstić information content (AvgIpc) is 3.26. The van der Waals surface area contributed by atoms with E-state index in [1.165, 1.54) is 0 Å². The minimum atomic E-state index is -0.144. The number of hydrogen-bond acceptors (Lipinski definition) is 4. The summed E-state index contributed by atoms with van der Waals surface area (Å²) in [7, 11) is 3.53. The summed E-state index contributed by atoms with van der Waals surface area (Å²) < 4.78 is 7.18. The maximum Gasteiger partial charge on any atom is 0.255 e. The van der Waals surface area contributed by atoms with E-state index >= 15 is 0 Å². The summed E-state index contributed by atoms with van der Waals surface area (Å²) in [5.41, 5.74) is 3.27. The molecule has 1 aliphatic heterocycles. The number of carbonyl (C=O) groups excluding carboxylic acids is 1. The van der Waals surface area contributed by atoms with Gasteiger partial charge in [-0.05, 0) is 49.9 Å². The van der Waals surface area contributed by atoms with E-state index < -0.39 is 0 Å². The molecule has 0 spiro atoms. The molecule has 2 heterocycles. The zero-order valence-corrected chi connectivity index (χ0v) is 15.7. The summed E-state index contributed by atoms with van der Waals surface area (Å²) in [4.78, 5) is 15.1. The van der Waals surface area contributed by atoms with Crippen molar-refractivity contribution in [1.29, 1.82) is 0 Å². The minimum Gasteiger partial charge on any atom is -0.496 e. The lowest BCUT2D eigenvalue weighted by Gasteiger charge is -2.17. The van der Waals surface area contributed by atoms with E-state index in [-0.39, 0.29) is 5.91 Å². The van der Waals surface area contributed by atoms with Crippen LogP contribution in [0.25, 0.3) is 0 Å². The number of allylic oxidation sites excluding steroid dienone is 1. The van der Waals surface area contributed by atoms with Crippen LogP contribution in [-0.4, -0.2) is 35.9 Å². The van der Waals surface area contributed by atoms with Gasteiger partial charge >= 0.3 is 0 Å². The number of methoxy groups -OCH3 is 1. The van der Waals surface area contributed by atoms with Gasteiger partial charge in [0.1, 0.15) is 11.4 Å². The molecule has 0 aliphatic carbocycles. The number of nitrogens with zero attached hydrogens (tertiary/aromatic N) is 3. The SMILES string of the molecule is C=CCc1cc(C(=O)Nc2c(N3CCCC3)nn(C)c2C)ccc1OC. The van der Waals surface area contributed by atoms with Crippen LogP contribution in [0.3, 0.4) is 0 Å². The van der Waals surface area contributed by atoms with Gasteiger partial charge in [0.15, 0.2) is 5.82 Å². The lowest BCUT2D eigenvalue weighted by Crippen LogP contribution is -2.21. The van der Waals surface area contributed by atoms with Gasteiger partial charge in [-0.2, -0.15) is 5.10 Å². The Bertz CT molecular complexity index is 819. The lowest BCUT2D eigenvalue weighted by atomic mass is 10.1. The second kappa shape index (κ2) is 7.64. The van der Waals surface area contributed by atoms with Gasteiger partial charge in [0.25, 0.3) is 5.91 Å². The Kier molecular flexibility index (Phi) is 5.30. The number of amides is 1. The third-order valence-electron chi connectivity index (χ3n) is 4.87. The molecule has 26 heavy (non-hydrogen) atoms. The second-order valence-electron chi connectivity index (χ2n) is 6.58. The first-order valence-electron chi connectivity index (χ1n) is 8.93. The molecule has 3 rings (SSSR count). The van der Waals surface area contributed by atoms with Gasteiger partial charge in [0.2, 0.25) is 0 Å². The van der Waals surface area contributed by atoms with Crippen LogP contribution >= 0.6 is 0 Å². The van der Waals surface area contributed by atoms with E-state index in [0.717, 1.165) is 54.4 Å². The number of carbonyl (C=O) groups is 1. The van der Waals surface area contributed by atoms with Gasteiger partial charge in [0.05, 0.1) is 12.8 Å². The first kappa shape index (κ1) is 18.0. The quantitative estimate of drug-likeness (QED) is 0.809. The van der Waals surface area contributed by atoms with Crippen molar-refractivity contribution in [3.8, 4) is 5.75 Å². The van der Waals surface area contributed by atoms with Crippen LogP contribution in [0, 0.1) is 6.92 Å². The molecule has 6 heteroatoms. The molecule has 1 fully saturated rings. The summed E-state index contributed by atoms with van der Waals surface area (Å²) in [5.74, 6) is 1.47. The zero-order chi connectivity index (χ0) is 18.7. The predicted molar refractivity (Wildman–Crippen MR) is 104 cm³/mol. The van der Waals surface area contributed by atoms with Crippen molar-refractivity contribution in [2.24, 2.45) is 7.05 Å². The molecule has 1 amide bonds. The van der Waals surface area contributed by atoms with Gasteiger partial charge < -0.3 is 15.0 Å². The second-order valence-corrected chi connectivity index (χ2v) is 6.58. The monoisotopic (exact) mass is 354 g/mol. The third-order valence-corrected chi connectivity index (χ3v) is 4.87. The number of rotatable bonds is 6. The van der Waals surface area contributed by atoms with Crippen LogP contribution in [0.2, 0.25) is 0 Å². The molecule has 1 aliphatic rings. The molecule has 0 atom stereocenters. The highest BCUT2D eigenvalue weighted by Gasteiger charge is 2.23. The Balaban J connectivity index is 1.88. The van der Waals surface area contributed by atoms with Gasteiger partial charge in [-0.15, -0.1) is 6.58 Å². The van der Waals surface area contributed by atoms with Crippen molar-refractivity contribution < 1.29 is 9.53 Å². The molecule has 0 radical (unpaired) electrons. The number of aromatic nitrogens is 2. The smallest absolute Gasteiger partial charge is 0.255 e.